The van der Waals surface area contributed by atoms with Crippen molar-refractivity contribution in [1.82, 2.24) is 19.7 Å². The largest absolute Gasteiger partial charge is 0.444 e. The number of ether oxygens (including phenoxy) is 2. The van der Waals surface area contributed by atoms with Gasteiger partial charge in [-0.2, -0.15) is 0 Å². The van der Waals surface area contributed by atoms with E-state index in [1.165, 1.54) is 11.4 Å². The van der Waals surface area contributed by atoms with Crippen LogP contribution in [0, 0.1) is 10.8 Å². The summed E-state index contributed by atoms with van der Waals surface area (Å²) in [6.45, 7) is 22.5. The van der Waals surface area contributed by atoms with Gasteiger partial charge in [0.25, 0.3) is 0 Å². The Morgan fingerprint density at radius 1 is 0.692 bits per heavy atom. The number of amides is 2. The Bertz CT molecular complexity index is 1000. The highest BCUT2D eigenvalue weighted by Crippen LogP contribution is 2.22. The molecule has 234 valence electrons. The van der Waals surface area contributed by atoms with E-state index in [1.807, 2.05) is 41.5 Å². The van der Waals surface area contributed by atoms with Crippen LogP contribution in [0.25, 0.3) is 0 Å². The zero-order valence-corrected chi connectivity index (χ0v) is 28.2. The summed E-state index contributed by atoms with van der Waals surface area (Å²) < 4.78 is 59.2. The third kappa shape index (κ3) is 21.8. The second kappa shape index (κ2) is 14.3. The van der Waals surface area contributed by atoms with E-state index in [0.717, 1.165) is 12.5 Å². The van der Waals surface area contributed by atoms with Crippen molar-refractivity contribution in [3.05, 3.63) is 0 Å². The molecule has 14 heteroatoms. The van der Waals surface area contributed by atoms with Crippen molar-refractivity contribution < 1.29 is 35.9 Å². The molecule has 0 aliphatic rings. The highest BCUT2D eigenvalue weighted by atomic mass is 32.2. The molecule has 0 bridgehead atoms. The van der Waals surface area contributed by atoms with Gasteiger partial charge in [0.05, 0.1) is 24.6 Å². The first-order chi connectivity index (χ1) is 16.8. The van der Waals surface area contributed by atoms with Gasteiger partial charge >= 0.3 is 12.2 Å². The van der Waals surface area contributed by atoms with E-state index < -0.39 is 43.4 Å². The van der Waals surface area contributed by atoms with Gasteiger partial charge in [-0.3, -0.25) is 0 Å². The maximum absolute atomic E-state index is 11.8. The number of likely N-dealkylation sites (N-methyl/N-ethyl adjacent to an activating group) is 1. The molecule has 0 heterocycles. The molecule has 0 fully saturated rings. The van der Waals surface area contributed by atoms with Crippen molar-refractivity contribution in [2.24, 2.45) is 10.8 Å². The van der Waals surface area contributed by atoms with Gasteiger partial charge in [0, 0.05) is 20.1 Å². The molecule has 0 aliphatic heterocycles. The lowest BCUT2D eigenvalue weighted by Gasteiger charge is -2.34. The van der Waals surface area contributed by atoms with E-state index in [0.29, 0.717) is 0 Å². The summed E-state index contributed by atoms with van der Waals surface area (Å²) in [4.78, 5) is 23.6. The van der Waals surface area contributed by atoms with Crippen molar-refractivity contribution in [2.75, 3.05) is 32.6 Å². The second-order valence-corrected chi connectivity index (χ2v) is 17.7. The fraction of sp³-hybridized carbons (Fsp3) is 0.920. The number of sulfonamides is 2. The first kappa shape index (κ1) is 39.5. The molecule has 0 rings (SSSR count). The molecule has 0 spiro atoms. The Labute approximate surface area is 237 Å². The molecule has 2 amide bonds. The maximum Gasteiger partial charge on any atom is 0.407 e. The topological polar surface area (TPSA) is 160 Å². The predicted molar refractivity (Wildman–Crippen MR) is 156 cm³/mol. The zero-order valence-electron chi connectivity index (χ0n) is 26.6. The average molecular weight is 603 g/mol. The molecule has 0 unspecified atom stereocenters. The number of rotatable bonds is 8. The van der Waals surface area contributed by atoms with Crippen LogP contribution in [0.2, 0.25) is 0 Å². The van der Waals surface area contributed by atoms with E-state index >= 15 is 0 Å². The lowest BCUT2D eigenvalue weighted by Crippen LogP contribution is -2.51. The molecule has 0 aromatic rings. The maximum atomic E-state index is 11.8. The molecule has 0 saturated heterocycles. The SMILES string of the molecule is CC(C)(C)OC(=O)N[C@H](CNS(C)(=O)=O)C(C)(C)C.CN(C[C@@H](NC(=O)OC(C)(C)C)C(C)(C)C)S(C)(=O)=O. The van der Waals surface area contributed by atoms with Crippen LogP contribution in [0.3, 0.4) is 0 Å². The summed E-state index contributed by atoms with van der Waals surface area (Å²) in [7, 11) is -5.09. The van der Waals surface area contributed by atoms with Gasteiger partial charge in [-0.05, 0) is 52.4 Å². The van der Waals surface area contributed by atoms with Crippen LogP contribution in [0.1, 0.15) is 83.1 Å². The molecular formula is C25H54N4O8S2. The minimum Gasteiger partial charge on any atom is -0.444 e. The van der Waals surface area contributed by atoms with Gasteiger partial charge in [-0.15, -0.1) is 0 Å². The third-order valence-electron chi connectivity index (χ3n) is 5.03. The number of carbonyl (C=O) groups excluding carboxylic acids is 2. The van der Waals surface area contributed by atoms with E-state index in [4.69, 9.17) is 9.47 Å². The Balaban J connectivity index is 0. The fourth-order valence-corrected chi connectivity index (χ4v) is 3.53. The summed E-state index contributed by atoms with van der Waals surface area (Å²) in [5, 5.41) is 5.45. The first-order valence-electron chi connectivity index (χ1n) is 12.7. The summed E-state index contributed by atoms with van der Waals surface area (Å²) in [5.74, 6) is 0. The van der Waals surface area contributed by atoms with Crippen molar-refractivity contribution >= 4 is 32.2 Å². The van der Waals surface area contributed by atoms with Crippen molar-refractivity contribution in [3.8, 4) is 0 Å². The first-order valence-corrected chi connectivity index (χ1v) is 16.4. The number of nitrogens with one attached hydrogen (secondary N) is 3. The van der Waals surface area contributed by atoms with Gasteiger partial charge in [0.2, 0.25) is 20.0 Å². The summed E-state index contributed by atoms with van der Waals surface area (Å²) in [5.41, 5.74) is -1.77. The van der Waals surface area contributed by atoms with Gasteiger partial charge in [-0.1, -0.05) is 41.5 Å². The Morgan fingerprint density at radius 3 is 1.28 bits per heavy atom. The molecule has 0 radical (unpaired) electrons. The number of hydrogen-bond acceptors (Lipinski definition) is 8. The summed E-state index contributed by atoms with van der Waals surface area (Å²) in [6.07, 6.45) is 1.13. The molecule has 2 atom stereocenters. The molecule has 0 saturated carbocycles. The van der Waals surface area contributed by atoms with Crippen LogP contribution in [-0.2, 0) is 29.5 Å². The molecule has 0 aliphatic carbocycles. The Morgan fingerprint density at radius 2 is 1.03 bits per heavy atom. The van der Waals surface area contributed by atoms with Crippen LogP contribution < -0.4 is 15.4 Å². The highest BCUT2D eigenvalue weighted by molar-refractivity contribution is 7.88. The highest BCUT2D eigenvalue weighted by Gasteiger charge is 2.31. The Hall–Kier alpha value is -1.64. The molecule has 3 N–H and O–H groups in total. The van der Waals surface area contributed by atoms with Crippen molar-refractivity contribution in [1.29, 1.82) is 0 Å². The van der Waals surface area contributed by atoms with E-state index in [1.54, 1.807) is 41.5 Å². The number of nitrogens with zero attached hydrogens (tertiary/aromatic N) is 1. The van der Waals surface area contributed by atoms with Crippen molar-refractivity contribution in [3.63, 3.8) is 0 Å². The monoisotopic (exact) mass is 602 g/mol. The van der Waals surface area contributed by atoms with Crippen LogP contribution in [-0.4, -0.2) is 89.3 Å². The summed E-state index contributed by atoms with van der Waals surface area (Å²) >= 11 is 0. The lowest BCUT2D eigenvalue weighted by molar-refractivity contribution is 0.0449. The standard InChI is InChI=1S/C13H28N2O4S.C12H26N2O4S/c1-12(2,3)10(9-15(7)20(8,17)18)14-11(16)19-13(4,5)6;1-11(2,3)9(8-13-19(7,16)17)14-10(15)18-12(4,5)6/h10H,9H2,1-8H3,(H,14,16);9,13H,8H2,1-7H3,(H,14,15)/t10-;9-/m11/s1. The lowest BCUT2D eigenvalue weighted by atomic mass is 9.87. The minimum absolute atomic E-state index is 0.127. The number of carbonyl (C=O) groups is 2. The van der Waals surface area contributed by atoms with E-state index in [-0.39, 0.29) is 36.0 Å². The quantitative estimate of drug-likeness (QED) is 0.381. The van der Waals surface area contributed by atoms with E-state index in [2.05, 4.69) is 15.4 Å². The smallest absolute Gasteiger partial charge is 0.407 e. The van der Waals surface area contributed by atoms with Crippen LogP contribution >= 0.6 is 0 Å². The average Bonchev–Trinajstić information content (AvgIpc) is 2.58. The van der Waals surface area contributed by atoms with Crippen LogP contribution in [0.5, 0.6) is 0 Å². The van der Waals surface area contributed by atoms with Gasteiger partial charge < -0.3 is 20.1 Å². The molecule has 0 aromatic carbocycles. The zero-order chi connectivity index (χ0) is 31.8. The van der Waals surface area contributed by atoms with Gasteiger partial charge in [0.1, 0.15) is 11.2 Å². The number of hydrogen-bond donors (Lipinski definition) is 3. The van der Waals surface area contributed by atoms with Gasteiger partial charge in [-0.25, -0.2) is 35.5 Å². The van der Waals surface area contributed by atoms with Crippen LogP contribution in [0.15, 0.2) is 0 Å². The van der Waals surface area contributed by atoms with Gasteiger partial charge in [0.15, 0.2) is 0 Å². The molecular weight excluding hydrogens is 548 g/mol. The predicted octanol–water partition coefficient (Wildman–Crippen LogP) is 3.29. The Kier molecular flexibility index (Phi) is 14.5. The normalized spacial score (nSPS) is 15.0. The molecule has 0 aromatic heterocycles. The number of alkyl carbamates (subject to hydrolysis) is 2. The summed E-state index contributed by atoms with van der Waals surface area (Å²) in [6, 6.07) is -0.714. The second-order valence-electron chi connectivity index (χ2n) is 13.8. The fourth-order valence-electron chi connectivity index (χ4n) is 2.64. The van der Waals surface area contributed by atoms with E-state index in [9.17, 15) is 26.4 Å². The molecule has 12 nitrogen and oxygen atoms in total. The van der Waals surface area contributed by atoms with Crippen LogP contribution in [0.4, 0.5) is 9.59 Å². The van der Waals surface area contributed by atoms with Crippen molar-refractivity contribution in [2.45, 2.75) is 106 Å². The minimum atomic E-state index is -3.29. The third-order valence-corrected chi connectivity index (χ3v) is 7.00. The molecule has 39 heavy (non-hydrogen) atoms.